The number of hydrogen-bond donors (Lipinski definition) is 0. The fourth-order valence-electron chi connectivity index (χ4n) is 6.10. The molecule has 1 atom stereocenters. The van der Waals surface area contributed by atoms with E-state index in [1.165, 1.54) is 24.6 Å². The van der Waals surface area contributed by atoms with Crippen LogP contribution >= 0.6 is 0 Å². The number of amides is 2. The number of aromatic nitrogens is 2. The van der Waals surface area contributed by atoms with E-state index < -0.39 is 23.4 Å². The van der Waals surface area contributed by atoms with Gasteiger partial charge in [-0.3, -0.25) is 4.79 Å². The number of nitrogens with zero attached hydrogens (tertiary/aromatic N) is 4. The summed E-state index contributed by atoms with van der Waals surface area (Å²) in [6.45, 7) is 8.31. The summed E-state index contributed by atoms with van der Waals surface area (Å²) in [4.78, 5) is 27.4. The van der Waals surface area contributed by atoms with Gasteiger partial charge >= 0.3 is 6.09 Å². The molecule has 270 valence electrons. The summed E-state index contributed by atoms with van der Waals surface area (Å²) < 4.78 is 34.0. The first-order chi connectivity index (χ1) is 24.4. The van der Waals surface area contributed by atoms with Gasteiger partial charge in [0.25, 0.3) is 5.91 Å². The molecule has 0 saturated carbocycles. The van der Waals surface area contributed by atoms with Gasteiger partial charge in [-0.1, -0.05) is 55.5 Å². The number of likely N-dealkylation sites (N-methyl/N-ethyl adjacent to an activating group) is 1. The van der Waals surface area contributed by atoms with Gasteiger partial charge in [0.05, 0.1) is 18.3 Å². The van der Waals surface area contributed by atoms with Crippen molar-refractivity contribution in [2.24, 2.45) is 0 Å². The van der Waals surface area contributed by atoms with Crippen LogP contribution in [0.1, 0.15) is 76.3 Å². The Bertz CT molecular complexity index is 1850. The Hall–Kier alpha value is -4.96. The number of carbonyl (C=O) groups is 2. The molecule has 0 bridgehead atoms. The lowest BCUT2D eigenvalue weighted by Crippen LogP contribution is -2.39. The number of hydrogen-bond acceptors (Lipinski definition) is 6. The molecule has 1 aliphatic heterocycles. The normalized spacial score (nSPS) is 15.7. The van der Waals surface area contributed by atoms with Crippen LogP contribution in [-0.4, -0.2) is 77.6 Å². The fraction of sp³-hybridized carbons (Fsp3) is 0.390. The van der Waals surface area contributed by atoms with Crippen molar-refractivity contribution in [2.75, 3.05) is 40.4 Å². The van der Waals surface area contributed by atoms with E-state index in [1.807, 2.05) is 41.2 Å². The molecule has 1 unspecified atom stereocenters. The van der Waals surface area contributed by atoms with Gasteiger partial charge in [-0.15, -0.1) is 0 Å². The molecule has 1 fully saturated rings. The molecule has 0 N–H and O–H groups in total. The number of benzene rings is 3. The Balaban J connectivity index is 1.38. The van der Waals surface area contributed by atoms with Gasteiger partial charge in [0.1, 0.15) is 18.0 Å². The smallest absolute Gasteiger partial charge is 0.410 e. The Morgan fingerprint density at radius 2 is 1.73 bits per heavy atom. The highest BCUT2D eigenvalue weighted by molar-refractivity contribution is 6.00. The molecule has 1 aromatic heterocycles. The van der Waals surface area contributed by atoms with E-state index in [4.69, 9.17) is 19.3 Å². The second-order valence-corrected chi connectivity index (χ2v) is 13.8. The predicted octanol–water partition coefficient (Wildman–Crippen LogP) is 8.66. The van der Waals surface area contributed by atoms with Gasteiger partial charge in [0, 0.05) is 32.6 Å². The summed E-state index contributed by atoms with van der Waals surface area (Å²) in [5.74, 6) is -1.10. The second-order valence-electron chi connectivity index (χ2n) is 13.8. The maximum Gasteiger partial charge on any atom is 0.410 e. The van der Waals surface area contributed by atoms with Crippen molar-refractivity contribution in [1.82, 2.24) is 19.6 Å². The third kappa shape index (κ3) is 9.64. The molecule has 0 spiro atoms. The highest BCUT2D eigenvalue weighted by atomic mass is 19.1. The van der Waals surface area contributed by atoms with Crippen molar-refractivity contribution in [3.63, 3.8) is 0 Å². The molecule has 5 rings (SSSR count). The van der Waals surface area contributed by atoms with Crippen LogP contribution in [0.15, 0.2) is 90.9 Å². The minimum Gasteiger partial charge on any atom is -0.492 e. The summed E-state index contributed by atoms with van der Waals surface area (Å²) in [7, 11) is 2.93. The van der Waals surface area contributed by atoms with E-state index in [-0.39, 0.29) is 25.9 Å². The van der Waals surface area contributed by atoms with Gasteiger partial charge in [-0.05, 0) is 105 Å². The lowest BCUT2D eigenvalue weighted by atomic mass is 9.88. The predicted molar refractivity (Wildman–Crippen MR) is 199 cm³/mol. The maximum absolute atomic E-state index is 14.4. The molecule has 4 aromatic rings. The second kappa shape index (κ2) is 16.8. The van der Waals surface area contributed by atoms with Crippen molar-refractivity contribution < 1.29 is 28.2 Å². The highest BCUT2D eigenvalue weighted by Gasteiger charge is 2.23. The monoisotopic (exact) mass is 696 g/mol. The molecular weight excluding hydrogens is 647 g/mol. The third-order valence-electron chi connectivity index (χ3n) is 8.62. The topological polar surface area (TPSA) is 86.1 Å². The van der Waals surface area contributed by atoms with Gasteiger partial charge in [-0.25, -0.2) is 13.9 Å². The zero-order chi connectivity index (χ0) is 36.5. The molecular formula is C41H49FN4O5. The average Bonchev–Trinajstić information content (AvgIpc) is 3.55. The van der Waals surface area contributed by atoms with Crippen LogP contribution in [0, 0.1) is 0 Å². The number of fused-ring (bicyclic) bond motifs is 1. The van der Waals surface area contributed by atoms with Gasteiger partial charge in [0.15, 0.2) is 12.1 Å². The Morgan fingerprint density at radius 3 is 2.37 bits per heavy atom. The van der Waals surface area contributed by atoms with Crippen LogP contribution in [0.3, 0.4) is 0 Å². The third-order valence-corrected chi connectivity index (χ3v) is 8.62. The van der Waals surface area contributed by atoms with Crippen LogP contribution in [0.4, 0.5) is 9.18 Å². The quantitative estimate of drug-likeness (QED) is 0.109. The molecule has 0 aliphatic carbocycles. The lowest BCUT2D eigenvalue weighted by molar-refractivity contribution is -0.126. The van der Waals surface area contributed by atoms with Crippen LogP contribution < -0.4 is 4.74 Å². The van der Waals surface area contributed by atoms with Crippen LogP contribution in [-0.2, 0) is 14.3 Å². The van der Waals surface area contributed by atoms with Crippen LogP contribution in [0.2, 0.25) is 0 Å². The summed E-state index contributed by atoms with van der Waals surface area (Å²) in [6, 6.07) is 24.8. The van der Waals surface area contributed by atoms with E-state index in [2.05, 4.69) is 49.4 Å². The summed E-state index contributed by atoms with van der Waals surface area (Å²) >= 11 is 0. The molecule has 9 nitrogen and oxygen atoms in total. The van der Waals surface area contributed by atoms with E-state index in [9.17, 15) is 14.0 Å². The lowest BCUT2D eigenvalue weighted by Gasteiger charge is -2.26. The number of rotatable bonds is 12. The first-order valence-corrected chi connectivity index (χ1v) is 17.6. The van der Waals surface area contributed by atoms with Crippen molar-refractivity contribution in [3.8, 4) is 5.75 Å². The molecule has 1 aliphatic rings. The molecule has 10 heteroatoms. The van der Waals surface area contributed by atoms with Crippen molar-refractivity contribution in [3.05, 3.63) is 108 Å². The van der Waals surface area contributed by atoms with Gasteiger partial charge in [-0.2, -0.15) is 5.10 Å². The zero-order valence-corrected chi connectivity index (χ0v) is 30.5. The molecule has 1 saturated heterocycles. The Kier molecular flexibility index (Phi) is 12.3. The SMILES string of the molecule is CC/C(=C(/c1ccc(OCCN(C/C=C(\F)C(=O)N(C)C)C(=O)OC(C)(C)C)cc1)c1ccc2c(cnn2C2CCCCO2)c1)c1ccccc1. The van der Waals surface area contributed by atoms with E-state index in [1.54, 1.807) is 20.8 Å². The Labute approximate surface area is 300 Å². The summed E-state index contributed by atoms with van der Waals surface area (Å²) in [5.41, 5.74) is 5.92. The standard InChI is InChI=1S/C41H49FN4O5/c1-7-34(29-13-9-8-10-14-29)38(31-18-21-36-32(27-31)28-43-46(36)37-15-11-12-25-50-37)30-16-19-33(20-17-30)49-26-24-45(40(48)51-41(2,3)4)23-22-35(42)39(47)44(5)6/h8-10,13-14,16-22,27-28,37H,7,11-12,15,23-26H2,1-6H3/b35-22-,38-34+. The van der Waals surface area contributed by atoms with Gasteiger partial charge in [0.2, 0.25) is 0 Å². The van der Waals surface area contributed by atoms with E-state index in [0.717, 1.165) is 76.4 Å². The molecule has 51 heavy (non-hydrogen) atoms. The molecule has 2 heterocycles. The minimum absolute atomic E-state index is 0.0405. The first-order valence-electron chi connectivity index (χ1n) is 17.6. The van der Waals surface area contributed by atoms with Crippen molar-refractivity contribution in [2.45, 2.75) is 65.2 Å². The fourth-order valence-corrected chi connectivity index (χ4v) is 6.10. The van der Waals surface area contributed by atoms with Gasteiger partial charge < -0.3 is 24.0 Å². The molecule has 3 aromatic carbocycles. The zero-order valence-electron chi connectivity index (χ0n) is 30.5. The first kappa shape index (κ1) is 37.3. The van der Waals surface area contributed by atoms with E-state index in [0.29, 0.717) is 5.75 Å². The van der Waals surface area contributed by atoms with Crippen LogP contribution in [0.25, 0.3) is 22.0 Å². The summed E-state index contributed by atoms with van der Waals surface area (Å²) in [6.07, 6.45) is 6.33. The minimum atomic E-state index is -0.943. The highest BCUT2D eigenvalue weighted by Crippen LogP contribution is 2.37. The largest absolute Gasteiger partial charge is 0.492 e. The number of allylic oxidation sites excluding steroid dienone is 1. The molecule has 0 radical (unpaired) electrons. The average molecular weight is 697 g/mol. The Morgan fingerprint density at radius 1 is 1.00 bits per heavy atom. The maximum atomic E-state index is 14.4. The van der Waals surface area contributed by atoms with Crippen molar-refractivity contribution >= 4 is 34.0 Å². The number of carbonyl (C=O) groups excluding carboxylic acids is 2. The molecule has 2 amide bonds. The number of ether oxygens (including phenoxy) is 3. The van der Waals surface area contributed by atoms with E-state index >= 15 is 0 Å². The number of halogens is 1. The summed E-state index contributed by atoms with van der Waals surface area (Å²) in [5, 5.41) is 5.77. The van der Waals surface area contributed by atoms with Crippen LogP contribution in [0.5, 0.6) is 5.75 Å². The van der Waals surface area contributed by atoms with Crippen molar-refractivity contribution in [1.29, 1.82) is 0 Å².